The highest BCUT2D eigenvalue weighted by Crippen LogP contribution is 2.24. The molecule has 3 aromatic rings. The van der Waals surface area contributed by atoms with E-state index in [4.69, 9.17) is 11.6 Å². The molecular weight excluding hydrogens is 294 g/mol. The van der Waals surface area contributed by atoms with Gasteiger partial charge in [-0.05, 0) is 24.6 Å². The molecule has 0 radical (unpaired) electrons. The number of rotatable bonds is 4. The maximum Gasteiger partial charge on any atom is 0.149 e. The Morgan fingerprint density at radius 3 is 3.00 bits per heavy atom. The fourth-order valence-electron chi connectivity index (χ4n) is 2.05. The van der Waals surface area contributed by atoms with E-state index in [-0.39, 0.29) is 0 Å². The number of fused-ring (bicyclic) bond motifs is 1. The number of aliphatic hydroxyl groups is 1. The van der Waals surface area contributed by atoms with Crippen LogP contribution < -0.4 is 5.32 Å². The van der Waals surface area contributed by atoms with Gasteiger partial charge in [0.25, 0.3) is 0 Å². The van der Waals surface area contributed by atoms with E-state index in [0.29, 0.717) is 17.3 Å². The lowest BCUT2D eigenvalue weighted by Gasteiger charge is -2.12. The summed E-state index contributed by atoms with van der Waals surface area (Å²) in [5, 5.41) is 14.9. The third-order valence-corrected chi connectivity index (χ3v) is 4.33. The first-order valence-electron chi connectivity index (χ1n) is 6.24. The summed E-state index contributed by atoms with van der Waals surface area (Å²) in [7, 11) is 0. The van der Waals surface area contributed by atoms with Gasteiger partial charge in [0.2, 0.25) is 0 Å². The second-order valence-corrected chi connectivity index (χ2v) is 6.19. The average molecular weight is 308 g/mol. The third-order valence-electron chi connectivity index (χ3n) is 3.05. The molecule has 0 saturated carbocycles. The highest BCUT2D eigenvalue weighted by Gasteiger charge is 2.13. The number of thiazole rings is 1. The van der Waals surface area contributed by atoms with Crippen LogP contribution in [-0.4, -0.2) is 15.1 Å². The second kappa shape index (κ2) is 5.54. The summed E-state index contributed by atoms with van der Waals surface area (Å²) in [6.45, 7) is 2.46. The normalized spacial score (nSPS) is 12.9. The van der Waals surface area contributed by atoms with Crippen molar-refractivity contribution >= 4 is 33.3 Å². The lowest BCUT2D eigenvalue weighted by atomic mass is 10.2. The SMILES string of the molecule is Cc1nc2[nH]c(C(O)NCc3ccccc3Cl)cc2s1. The minimum atomic E-state index is -0.770. The summed E-state index contributed by atoms with van der Waals surface area (Å²) in [5.41, 5.74) is 2.49. The fourth-order valence-corrected chi connectivity index (χ4v) is 3.09. The highest BCUT2D eigenvalue weighted by atomic mass is 35.5. The third kappa shape index (κ3) is 2.71. The summed E-state index contributed by atoms with van der Waals surface area (Å²) in [6, 6.07) is 9.49. The Morgan fingerprint density at radius 1 is 1.45 bits per heavy atom. The summed E-state index contributed by atoms with van der Waals surface area (Å²) in [4.78, 5) is 7.47. The zero-order valence-electron chi connectivity index (χ0n) is 10.9. The zero-order chi connectivity index (χ0) is 14.1. The predicted molar refractivity (Wildman–Crippen MR) is 82.0 cm³/mol. The van der Waals surface area contributed by atoms with Crippen LogP contribution in [0.2, 0.25) is 5.02 Å². The Bertz CT molecular complexity index is 705. The Kier molecular flexibility index (Phi) is 3.76. The zero-order valence-corrected chi connectivity index (χ0v) is 12.4. The maximum atomic E-state index is 10.2. The average Bonchev–Trinajstić information content (AvgIpc) is 2.94. The van der Waals surface area contributed by atoms with Crippen molar-refractivity contribution in [3.05, 3.63) is 51.6 Å². The molecule has 3 rings (SSSR count). The van der Waals surface area contributed by atoms with E-state index in [1.807, 2.05) is 37.3 Å². The number of aryl methyl sites for hydroxylation is 1. The molecule has 0 fully saturated rings. The molecule has 104 valence electrons. The van der Waals surface area contributed by atoms with Crippen LogP contribution in [-0.2, 0) is 6.54 Å². The number of halogens is 1. The summed E-state index contributed by atoms with van der Waals surface area (Å²) in [6.07, 6.45) is -0.770. The van der Waals surface area contributed by atoms with Crippen LogP contribution in [0.1, 0.15) is 22.5 Å². The minimum absolute atomic E-state index is 0.500. The molecule has 0 aliphatic carbocycles. The molecule has 0 aliphatic heterocycles. The van der Waals surface area contributed by atoms with Gasteiger partial charge in [-0.15, -0.1) is 11.3 Å². The first-order valence-corrected chi connectivity index (χ1v) is 7.44. The lowest BCUT2D eigenvalue weighted by molar-refractivity contribution is 0.133. The topological polar surface area (TPSA) is 60.9 Å². The van der Waals surface area contributed by atoms with Gasteiger partial charge in [-0.1, -0.05) is 29.8 Å². The maximum absolute atomic E-state index is 10.2. The number of aromatic amines is 1. The van der Waals surface area contributed by atoms with E-state index < -0.39 is 6.23 Å². The number of nitrogens with one attached hydrogen (secondary N) is 2. The van der Waals surface area contributed by atoms with Gasteiger partial charge in [-0.25, -0.2) is 4.98 Å². The molecule has 20 heavy (non-hydrogen) atoms. The Labute approximate surface area is 125 Å². The van der Waals surface area contributed by atoms with E-state index in [9.17, 15) is 5.11 Å². The largest absolute Gasteiger partial charge is 0.373 e. The first-order chi connectivity index (χ1) is 9.63. The van der Waals surface area contributed by atoms with Crippen LogP contribution in [0.15, 0.2) is 30.3 Å². The van der Waals surface area contributed by atoms with Crippen molar-refractivity contribution in [3.8, 4) is 0 Å². The van der Waals surface area contributed by atoms with Crippen molar-refractivity contribution in [1.82, 2.24) is 15.3 Å². The number of aromatic nitrogens is 2. The van der Waals surface area contributed by atoms with Gasteiger partial charge in [0, 0.05) is 11.6 Å². The molecule has 0 spiro atoms. The summed E-state index contributed by atoms with van der Waals surface area (Å²) < 4.78 is 1.05. The number of nitrogens with zero attached hydrogens (tertiary/aromatic N) is 1. The Morgan fingerprint density at radius 2 is 2.25 bits per heavy atom. The first kappa shape index (κ1) is 13.6. The summed E-state index contributed by atoms with van der Waals surface area (Å²) in [5.74, 6) is 0. The standard InChI is InChI=1S/C14H14ClN3OS/c1-8-17-13-12(20-8)6-11(18-13)14(19)16-7-9-4-2-3-5-10(9)15/h2-6,14,16,18-19H,7H2,1H3. The molecule has 2 aromatic heterocycles. The van der Waals surface area contributed by atoms with Gasteiger partial charge in [-0.3, -0.25) is 5.32 Å². The molecular formula is C14H14ClN3OS. The molecule has 0 saturated heterocycles. The van der Waals surface area contributed by atoms with Crippen molar-refractivity contribution in [2.24, 2.45) is 0 Å². The Balaban J connectivity index is 1.71. The number of benzene rings is 1. The van der Waals surface area contributed by atoms with E-state index in [1.54, 1.807) is 11.3 Å². The number of hydrogen-bond acceptors (Lipinski definition) is 4. The van der Waals surface area contributed by atoms with Crippen molar-refractivity contribution in [2.45, 2.75) is 19.7 Å². The van der Waals surface area contributed by atoms with Crippen LogP contribution in [0.3, 0.4) is 0 Å². The predicted octanol–water partition coefficient (Wildman–Crippen LogP) is 3.37. The molecule has 2 heterocycles. The highest BCUT2D eigenvalue weighted by molar-refractivity contribution is 7.18. The molecule has 3 N–H and O–H groups in total. The smallest absolute Gasteiger partial charge is 0.149 e. The Hall–Kier alpha value is -1.40. The van der Waals surface area contributed by atoms with Gasteiger partial charge in [0.05, 0.1) is 15.4 Å². The number of H-pyrrole nitrogens is 1. The monoisotopic (exact) mass is 307 g/mol. The van der Waals surface area contributed by atoms with Crippen LogP contribution in [0.25, 0.3) is 10.3 Å². The molecule has 1 unspecified atom stereocenters. The van der Waals surface area contributed by atoms with E-state index in [1.165, 1.54) is 0 Å². The molecule has 0 bridgehead atoms. The van der Waals surface area contributed by atoms with Crippen LogP contribution in [0.4, 0.5) is 0 Å². The summed E-state index contributed by atoms with van der Waals surface area (Å²) >= 11 is 7.69. The van der Waals surface area contributed by atoms with Crippen molar-refractivity contribution in [3.63, 3.8) is 0 Å². The van der Waals surface area contributed by atoms with Gasteiger partial charge in [-0.2, -0.15) is 0 Å². The van der Waals surface area contributed by atoms with E-state index in [2.05, 4.69) is 15.3 Å². The second-order valence-electron chi connectivity index (χ2n) is 4.55. The van der Waals surface area contributed by atoms with Crippen molar-refractivity contribution in [1.29, 1.82) is 0 Å². The number of hydrogen-bond donors (Lipinski definition) is 3. The van der Waals surface area contributed by atoms with Gasteiger partial charge in [0.15, 0.2) is 0 Å². The number of aliphatic hydroxyl groups excluding tert-OH is 1. The van der Waals surface area contributed by atoms with Crippen LogP contribution in [0, 0.1) is 6.92 Å². The minimum Gasteiger partial charge on any atom is -0.373 e. The quantitative estimate of drug-likeness (QED) is 0.648. The van der Waals surface area contributed by atoms with Gasteiger partial charge in [0.1, 0.15) is 11.9 Å². The lowest BCUT2D eigenvalue weighted by Crippen LogP contribution is -2.20. The molecule has 1 aromatic carbocycles. The van der Waals surface area contributed by atoms with Crippen LogP contribution in [0.5, 0.6) is 0 Å². The fraction of sp³-hybridized carbons (Fsp3) is 0.214. The van der Waals surface area contributed by atoms with Gasteiger partial charge >= 0.3 is 0 Å². The van der Waals surface area contributed by atoms with Crippen LogP contribution >= 0.6 is 22.9 Å². The van der Waals surface area contributed by atoms with Crippen molar-refractivity contribution in [2.75, 3.05) is 0 Å². The van der Waals surface area contributed by atoms with E-state index in [0.717, 1.165) is 20.9 Å². The molecule has 4 nitrogen and oxygen atoms in total. The van der Waals surface area contributed by atoms with Gasteiger partial charge < -0.3 is 10.1 Å². The molecule has 6 heteroatoms. The molecule has 1 atom stereocenters. The van der Waals surface area contributed by atoms with Crippen molar-refractivity contribution < 1.29 is 5.11 Å². The van der Waals surface area contributed by atoms with E-state index >= 15 is 0 Å². The molecule has 0 amide bonds. The molecule has 0 aliphatic rings.